The van der Waals surface area contributed by atoms with Crippen molar-refractivity contribution < 1.29 is 9.47 Å². The zero-order valence-electron chi connectivity index (χ0n) is 8.85. The first-order valence-corrected chi connectivity index (χ1v) is 5.16. The van der Waals surface area contributed by atoms with E-state index < -0.39 is 0 Å². The standard InChI is InChI=1S/C11H16N2O2/c1-8-2-3-13-7-9(8)10(12)6-11-14-4-5-15-11/h2-3,7,10-11H,4-6,12H2,1H3. The first-order chi connectivity index (χ1) is 7.27. The molecule has 15 heavy (non-hydrogen) atoms. The normalized spacial score (nSPS) is 19.3. The van der Waals surface area contributed by atoms with Gasteiger partial charge in [-0.15, -0.1) is 0 Å². The van der Waals surface area contributed by atoms with Crippen LogP contribution in [0.25, 0.3) is 0 Å². The van der Waals surface area contributed by atoms with E-state index in [1.54, 1.807) is 6.20 Å². The Kier molecular flexibility index (Phi) is 3.30. The Hall–Kier alpha value is -0.970. The van der Waals surface area contributed by atoms with Crippen LogP contribution in [-0.2, 0) is 9.47 Å². The SMILES string of the molecule is Cc1ccncc1C(N)CC1OCCO1. The van der Waals surface area contributed by atoms with Gasteiger partial charge in [0, 0.05) is 24.9 Å². The van der Waals surface area contributed by atoms with E-state index in [1.807, 2.05) is 19.2 Å². The third kappa shape index (κ3) is 2.53. The lowest BCUT2D eigenvalue weighted by Crippen LogP contribution is -2.20. The highest BCUT2D eigenvalue weighted by atomic mass is 16.7. The minimum atomic E-state index is -0.153. The smallest absolute Gasteiger partial charge is 0.159 e. The fourth-order valence-electron chi connectivity index (χ4n) is 1.74. The minimum Gasteiger partial charge on any atom is -0.350 e. The molecule has 0 amide bonds. The molecule has 2 heterocycles. The molecular formula is C11H16N2O2. The van der Waals surface area contributed by atoms with Crippen LogP contribution in [0.3, 0.4) is 0 Å². The lowest BCUT2D eigenvalue weighted by molar-refractivity contribution is -0.0508. The average Bonchev–Trinajstić information content (AvgIpc) is 2.71. The Morgan fingerprint density at radius 2 is 2.27 bits per heavy atom. The highest BCUT2D eigenvalue weighted by Gasteiger charge is 2.20. The van der Waals surface area contributed by atoms with Crippen LogP contribution in [0.4, 0.5) is 0 Å². The summed E-state index contributed by atoms with van der Waals surface area (Å²) in [5, 5.41) is 0. The molecule has 1 saturated heterocycles. The van der Waals surface area contributed by atoms with E-state index in [0.29, 0.717) is 19.6 Å². The van der Waals surface area contributed by atoms with Gasteiger partial charge >= 0.3 is 0 Å². The highest BCUT2D eigenvalue weighted by Crippen LogP contribution is 2.21. The largest absolute Gasteiger partial charge is 0.350 e. The van der Waals surface area contributed by atoms with Crippen molar-refractivity contribution in [2.45, 2.75) is 25.7 Å². The average molecular weight is 208 g/mol. The lowest BCUT2D eigenvalue weighted by atomic mass is 10.0. The number of rotatable bonds is 3. The monoisotopic (exact) mass is 208 g/mol. The van der Waals surface area contributed by atoms with Gasteiger partial charge in [-0.05, 0) is 24.1 Å². The summed E-state index contributed by atoms with van der Waals surface area (Å²) in [7, 11) is 0. The third-order valence-corrected chi connectivity index (χ3v) is 2.62. The van der Waals surface area contributed by atoms with Crippen LogP contribution < -0.4 is 5.73 Å². The first kappa shape index (κ1) is 10.5. The van der Waals surface area contributed by atoms with Gasteiger partial charge in [0.25, 0.3) is 0 Å². The number of aromatic nitrogens is 1. The van der Waals surface area contributed by atoms with Crippen LogP contribution in [0.1, 0.15) is 23.6 Å². The molecule has 2 N–H and O–H groups in total. The Labute approximate surface area is 89.4 Å². The van der Waals surface area contributed by atoms with E-state index in [1.165, 1.54) is 0 Å². The van der Waals surface area contributed by atoms with E-state index >= 15 is 0 Å². The van der Waals surface area contributed by atoms with Crippen molar-refractivity contribution in [3.8, 4) is 0 Å². The fraction of sp³-hybridized carbons (Fsp3) is 0.545. The van der Waals surface area contributed by atoms with Gasteiger partial charge in [-0.1, -0.05) is 0 Å². The molecule has 4 heteroatoms. The molecule has 1 aliphatic heterocycles. The van der Waals surface area contributed by atoms with Gasteiger partial charge in [0.05, 0.1) is 13.2 Å². The summed E-state index contributed by atoms with van der Waals surface area (Å²) in [5.41, 5.74) is 8.30. The fourth-order valence-corrected chi connectivity index (χ4v) is 1.74. The second-order valence-corrected chi connectivity index (χ2v) is 3.75. The number of aryl methyl sites for hydroxylation is 1. The molecule has 0 spiro atoms. The summed E-state index contributed by atoms with van der Waals surface area (Å²) in [4.78, 5) is 4.08. The molecule has 2 rings (SSSR count). The van der Waals surface area contributed by atoms with Crippen molar-refractivity contribution in [1.29, 1.82) is 0 Å². The summed E-state index contributed by atoms with van der Waals surface area (Å²) in [6.07, 6.45) is 4.12. The van der Waals surface area contributed by atoms with Gasteiger partial charge < -0.3 is 15.2 Å². The molecule has 1 atom stereocenters. The number of nitrogens with zero attached hydrogens (tertiary/aromatic N) is 1. The molecular weight excluding hydrogens is 192 g/mol. The van der Waals surface area contributed by atoms with Gasteiger partial charge in [0.1, 0.15) is 0 Å². The molecule has 1 aliphatic rings. The topological polar surface area (TPSA) is 57.4 Å². The minimum absolute atomic E-state index is 0.0678. The summed E-state index contributed by atoms with van der Waals surface area (Å²) in [5.74, 6) is 0. The van der Waals surface area contributed by atoms with Crippen LogP contribution in [0.2, 0.25) is 0 Å². The van der Waals surface area contributed by atoms with Crippen LogP contribution in [0.15, 0.2) is 18.5 Å². The third-order valence-electron chi connectivity index (χ3n) is 2.62. The molecule has 0 saturated carbocycles. The van der Waals surface area contributed by atoms with E-state index in [2.05, 4.69) is 4.98 Å². The summed E-state index contributed by atoms with van der Waals surface area (Å²) >= 11 is 0. The Bertz CT molecular complexity index is 324. The molecule has 0 aromatic carbocycles. The van der Waals surface area contributed by atoms with Crippen molar-refractivity contribution in [1.82, 2.24) is 4.98 Å². The van der Waals surface area contributed by atoms with Crippen LogP contribution in [-0.4, -0.2) is 24.5 Å². The Morgan fingerprint density at radius 3 is 2.93 bits per heavy atom. The van der Waals surface area contributed by atoms with Gasteiger partial charge in [-0.3, -0.25) is 4.98 Å². The Balaban J connectivity index is 2.00. The zero-order chi connectivity index (χ0) is 10.7. The van der Waals surface area contributed by atoms with E-state index in [9.17, 15) is 0 Å². The van der Waals surface area contributed by atoms with E-state index in [-0.39, 0.29) is 12.3 Å². The van der Waals surface area contributed by atoms with Gasteiger partial charge in [0.2, 0.25) is 0 Å². The van der Waals surface area contributed by atoms with Gasteiger partial charge in [-0.25, -0.2) is 0 Å². The van der Waals surface area contributed by atoms with Gasteiger partial charge in [-0.2, -0.15) is 0 Å². The van der Waals surface area contributed by atoms with Crippen molar-refractivity contribution in [3.63, 3.8) is 0 Å². The van der Waals surface area contributed by atoms with Crippen LogP contribution in [0, 0.1) is 6.92 Å². The summed E-state index contributed by atoms with van der Waals surface area (Å²) < 4.78 is 10.7. The second-order valence-electron chi connectivity index (χ2n) is 3.75. The van der Waals surface area contributed by atoms with Crippen LogP contribution >= 0.6 is 0 Å². The second kappa shape index (κ2) is 4.70. The molecule has 1 unspecified atom stereocenters. The van der Waals surface area contributed by atoms with Crippen molar-refractivity contribution in [3.05, 3.63) is 29.6 Å². The number of hydrogen-bond acceptors (Lipinski definition) is 4. The maximum Gasteiger partial charge on any atom is 0.159 e. The van der Waals surface area contributed by atoms with E-state index in [0.717, 1.165) is 11.1 Å². The molecule has 1 aromatic rings. The zero-order valence-corrected chi connectivity index (χ0v) is 8.85. The Morgan fingerprint density at radius 1 is 1.53 bits per heavy atom. The number of hydrogen-bond donors (Lipinski definition) is 1. The van der Waals surface area contributed by atoms with Crippen molar-refractivity contribution in [2.75, 3.05) is 13.2 Å². The molecule has 82 valence electrons. The quantitative estimate of drug-likeness (QED) is 0.809. The number of pyridine rings is 1. The molecule has 1 aromatic heterocycles. The molecule has 1 fully saturated rings. The summed E-state index contributed by atoms with van der Waals surface area (Å²) in [6.45, 7) is 3.38. The maximum absolute atomic E-state index is 6.08. The number of nitrogens with two attached hydrogens (primary N) is 1. The number of ether oxygens (including phenoxy) is 2. The van der Waals surface area contributed by atoms with Gasteiger partial charge in [0.15, 0.2) is 6.29 Å². The first-order valence-electron chi connectivity index (χ1n) is 5.16. The highest BCUT2D eigenvalue weighted by molar-refractivity contribution is 5.24. The predicted molar refractivity (Wildman–Crippen MR) is 56.2 cm³/mol. The van der Waals surface area contributed by atoms with Crippen molar-refractivity contribution >= 4 is 0 Å². The van der Waals surface area contributed by atoms with E-state index in [4.69, 9.17) is 15.2 Å². The lowest BCUT2D eigenvalue weighted by Gasteiger charge is -2.17. The van der Waals surface area contributed by atoms with Crippen LogP contribution in [0.5, 0.6) is 0 Å². The molecule has 0 aliphatic carbocycles. The summed E-state index contributed by atoms with van der Waals surface area (Å²) in [6, 6.07) is 1.90. The predicted octanol–water partition coefficient (Wildman–Crippen LogP) is 1.15. The molecule has 0 radical (unpaired) electrons. The maximum atomic E-state index is 6.08. The molecule has 4 nitrogen and oxygen atoms in total. The van der Waals surface area contributed by atoms with Crippen molar-refractivity contribution in [2.24, 2.45) is 5.73 Å². The molecule has 0 bridgehead atoms.